The summed E-state index contributed by atoms with van der Waals surface area (Å²) in [4.78, 5) is 11.3. The molecule has 1 aliphatic rings. The lowest BCUT2D eigenvalue weighted by atomic mass is 10.2. The van der Waals surface area contributed by atoms with E-state index in [1.165, 1.54) is 0 Å². The van der Waals surface area contributed by atoms with Crippen molar-refractivity contribution < 1.29 is 14.3 Å². The number of benzene rings is 1. The quantitative estimate of drug-likeness (QED) is 0.667. The standard InChI is InChI=1S/C11H12BrNO3/c1-6-4-7(12)5-8(13)10(6)16-9-2-3-15-11(9)14/h4-5,9H,2-3,13H2,1H3. The van der Waals surface area contributed by atoms with Crippen LogP contribution in [-0.2, 0) is 9.53 Å². The van der Waals surface area contributed by atoms with Crippen LogP contribution in [0.4, 0.5) is 5.69 Å². The summed E-state index contributed by atoms with van der Waals surface area (Å²) in [6.07, 6.45) is 0.0514. The molecule has 0 bridgehead atoms. The van der Waals surface area contributed by atoms with E-state index in [4.69, 9.17) is 15.2 Å². The minimum atomic E-state index is -0.526. The Balaban J connectivity index is 2.24. The predicted molar refractivity (Wildman–Crippen MR) is 63.3 cm³/mol. The number of carbonyl (C=O) groups excluding carboxylic acids is 1. The Kier molecular flexibility index (Phi) is 3.05. The molecule has 1 aromatic carbocycles. The zero-order valence-electron chi connectivity index (χ0n) is 8.83. The average molecular weight is 286 g/mol. The van der Waals surface area contributed by atoms with Gasteiger partial charge in [0.15, 0.2) is 6.10 Å². The summed E-state index contributed by atoms with van der Waals surface area (Å²) in [5.41, 5.74) is 7.25. The van der Waals surface area contributed by atoms with E-state index in [0.29, 0.717) is 24.5 Å². The van der Waals surface area contributed by atoms with Gasteiger partial charge in [-0.15, -0.1) is 0 Å². The predicted octanol–water partition coefficient (Wildman–Crippen LogP) is 2.03. The van der Waals surface area contributed by atoms with Gasteiger partial charge < -0.3 is 15.2 Å². The van der Waals surface area contributed by atoms with Crippen molar-refractivity contribution in [2.45, 2.75) is 19.4 Å². The largest absolute Gasteiger partial charge is 0.476 e. The number of hydrogen-bond acceptors (Lipinski definition) is 4. The zero-order chi connectivity index (χ0) is 11.7. The Morgan fingerprint density at radius 3 is 2.88 bits per heavy atom. The minimum Gasteiger partial charge on any atom is -0.476 e. The van der Waals surface area contributed by atoms with Crippen molar-refractivity contribution in [1.82, 2.24) is 0 Å². The number of anilines is 1. The van der Waals surface area contributed by atoms with E-state index >= 15 is 0 Å². The van der Waals surface area contributed by atoms with Crippen molar-refractivity contribution >= 4 is 27.6 Å². The maximum Gasteiger partial charge on any atom is 0.347 e. The molecule has 1 aromatic rings. The molecule has 2 N–H and O–H groups in total. The van der Waals surface area contributed by atoms with E-state index in [2.05, 4.69) is 15.9 Å². The molecule has 1 unspecified atom stereocenters. The summed E-state index contributed by atoms with van der Waals surface area (Å²) >= 11 is 3.34. The van der Waals surface area contributed by atoms with Crippen LogP contribution in [0.1, 0.15) is 12.0 Å². The fourth-order valence-corrected chi connectivity index (χ4v) is 2.23. The van der Waals surface area contributed by atoms with Gasteiger partial charge in [0, 0.05) is 10.9 Å². The van der Waals surface area contributed by atoms with E-state index < -0.39 is 6.10 Å². The Morgan fingerprint density at radius 1 is 1.56 bits per heavy atom. The van der Waals surface area contributed by atoms with Gasteiger partial charge in [-0.25, -0.2) is 4.79 Å². The normalized spacial score (nSPS) is 19.6. The number of ether oxygens (including phenoxy) is 2. The molecule has 1 saturated heterocycles. The lowest BCUT2D eigenvalue weighted by Crippen LogP contribution is -2.22. The number of hydrogen-bond donors (Lipinski definition) is 1. The van der Waals surface area contributed by atoms with Gasteiger partial charge in [0.25, 0.3) is 0 Å². The molecule has 1 heterocycles. The van der Waals surface area contributed by atoms with E-state index in [1.54, 1.807) is 6.07 Å². The SMILES string of the molecule is Cc1cc(Br)cc(N)c1OC1CCOC1=O. The zero-order valence-corrected chi connectivity index (χ0v) is 10.4. The third kappa shape index (κ3) is 2.14. The van der Waals surface area contributed by atoms with Crippen molar-refractivity contribution in [3.63, 3.8) is 0 Å². The summed E-state index contributed by atoms with van der Waals surface area (Å²) in [6, 6.07) is 3.65. The van der Waals surface area contributed by atoms with Crippen LogP contribution < -0.4 is 10.5 Å². The van der Waals surface area contributed by atoms with E-state index in [9.17, 15) is 4.79 Å². The molecule has 0 saturated carbocycles. The Morgan fingerprint density at radius 2 is 2.31 bits per heavy atom. The first-order valence-corrected chi connectivity index (χ1v) is 5.76. The fraction of sp³-hybridized carbons (Fsp3) is 0.364. The van der Waals surface area contributed by atoms with E-state index in [1.807, 2.05) is 13.0 Å². The number of cyclic esters (lactones) is 1. The van der Waals surface area contributed by atoms with Crippen LogP contribution in [-0.4, -0.2) is 18.7 Å². The lowest BCUT2D eigenvalue weighted by Gasteiger charge is -2.14. The molecule has 0 spiro atoms. The summed E-state index contributed by atoms with van der Waals surface area (Å²) in [7, 11) is 0. The summed E-state index contributed by atoms with van der Waals surface area (Å²) in [5, 5.41) is 0. The number of aryl methyl sites for hydroxylation is 1. The Bertz CT molecular complexity index is 410. The van der Waals surface area contributed by atoms with Crippen molar-refractivity contribution in [3.05, 3.63) is 22.2 Å². The van der Waals surface area contributed by atoms with Crippen LogP contribution in [0.5, 0.6) is 5.75 Å². The second-order valence-corrected chi connectivity index (χ2v) is 4.62. The Labute approximate surface area is 102 Å². The third-order valence-corrected chi connectivity index (χ3v) is 2.87. The minimum absolute atomic E-state index is 0.318. The van der Waals surface area contributed by atoms with Crippen molar-refractivity contribution in [3.8, 4) is 5.75 Å². The average Bonchev–Trinajstić information content (AvgIpc) is 2.57. The number of rotatable bonds is 2. The van der Waals surface area contributed by atoms with E-state index in [-0.39, 0.29) is 5.97 Å². The summed E-state index contributed by atoms with van der Waals surface area (Å²) in [5.74, 6) is 0.244. The van der Waals surface area contributed by atoms with Gasteiger partial charge in [-0.2, -0.15) is 0 Å². The highest BCUT2D eigenvalue weighted by molar-refractivity contribution is 9.10. The second-order valence-electron chi connectivity index (χ2n) is 3.70. The lowest BCUT2D eigenvalue weighted by molar-refractivity contribution is -0.143. The first kappa shape index (κ1) is 11.3. The van der Waals surface area contributed by atoms with Gasteiger partial charge in [0.2, 0.25) is 0 Å². The van der Waals surface area contributed by atoms with Crippen LogP contribution in [0.2, 0.25) is 0 Å². The number of nitrogens with two attached hydrogens (primary N) is 1. The van der Waals surface area contributed by atoms with Crippen LogP contribution in [0.15, 0.2) is 16.6 Å². The van der Waals surface area contributed by atoms with Crippen molar-refractivity contribution in [2.75, 3.05) is 12.3 Å². The molecule has 16 heavy (non-hydrogen) atoms. The number of esters is 1. The fourth-order valence-electron chi connectivity index (χ4n) is 1.64. The first-order chi connectivity index (χ1) is 7.58. The maximum absolute atomic E-state index is 11.3. The molecule has 5 heteroatoms. The van der Waals surface area contributed by atoms with Gasteiger partial charge in [-0.3, -0.25) is 0 Å². The molecule has 4 nitrogen and oxygen atoms in total. The van der Waals surface area contributed by atoms with Crippen LogP contribution in [0.25, 0.3) is 0 Å². The van der Waals surface area contributed by atoms with Gasteiger partial charge in [0.1, 0.15) is 5.75 Å². The molecular formula is C11H12BrNO3. The number of halogens is 1. The second kappa shape index (κ2) is 4.33. The topological polar surface area (TPSA) is 61.6 Å². The molecule has 86 valence electrons. The molecule has 0 amide bonds. The highest BCUT2D eigenvalue weighted by atomic mass is 79.9. The Hall–Kier alpha value is -1.23. The van der Waals surface area contributed by atoms with Gasteiger partial charge in [-0.05, 0) is 24.6 Å². The molecule has 0 aromatic heterocycles. The summed E-state index contributed by atoms with van der Waals surface area (Å²) < 4.78 is 11.3. The van der Waals surface area contributed by atoms with Crippen LogP contribution in [0.3, 0.4) is 0 Å². The molecule has 1 fully saturated rings. The number of carbonyl (C=O) groups is 1. The molecule has 0 radical (unpaired) electrons. The van der Waals surface area contributed by atoms with Crippen molar-refractivity contribution in [2.24, 2.45) is 0 Å². The van der Waals surface area contributed by atoms with Gasteiger partial charge in [-0.1, -0.05) is 15.9 Å². The van der Waals surface area contributed by atoms with Crippen LogP contribution in [0, 0.1) is 6.92 Å². The smallest absolute Gasteiger partial charge is 0.347 e. The molecule has 1 aliphatic heterocycles. The third-order valence-electron chi connectivity index (χ3n) is 2.42. The van der Waals surface area contributed by atoms with Crippen molar-refractivity contribution in [1.29, 1.82) is 0 Å². The first-order valence-electron chi connectivity index (χ1n) is 4.97. The van der Waals surface area contributed by atoms with Gasteiger partial charge >= 0.3 is 5.97 Å². The molecular weight excluding hydrogens is 274 g/mol. The maximum atomic E-state index is 11.3. The molecule has 2 rings (SSSR count). The molecule has 0 aliphatic carbocycles. The highest BCUT2D eigenvalue weighted by Gasteiger charge is 2.29. The monoisotopic (exact) mass is 285 g/mol. The molecule has 1 atom stereocenters. The van der Waals surface area contributed by atoms with Gasteiger partial charge in [0.05, 0.1) is 12.3 Å². The van der Waals surface area contributed by atoms with Crippen LogP contribution >= 0.6 is 15.9 Å². The summed E-state index contributed by atoms with van der Waals surface area (Å²) in [6.45, 7) is 2.30. The van der Waals surface area contributed by atoms with E-state index in [0.717, 1.165) is 10.0 Å². The number of nitrogen functional groups attached to an aromatic ring is 1. The highest BCUT2D eigenvalue weighted by Crippen LogP contribution is 2.31.